The molecule has 1 fully saturated rings. The summed E-state index contributed by atoms with van der Waals surface area (Å²) in [5, 5.41) is 7.19. The summed E-state index contributed by atoms with van der Waals surface area (Å²) in [6.45, 7) is 3.43. The highest BCUT2D eigenvalue weighted by molar-refractivity contribution is 7.87. The first-order chi connectivity index (χ1) is 7.95. The lowest BCUT2D eigenvalue weighted by molar-refractivity contribution is 0.0723. The van der Waals surface area contributed by atoms with Crippen LogP contribution in [0.2, 0.25) is 0 Å². The van der Waals surface area contributed by atoms with Crippen LogP contribution in [-0.2, 0) is 14.9 Å². The fraction of sp³-hybridized carbons (Fsp3) is 0.889. The number of nitrogens with one attached hydrogen (secondary N) is 2. The van der Waals surface area contributed by atoms with Crippen molar-refractivity contribution in [1.82, 2.24) is 9.03 Å². The van der Waals surface area contributed by atoms with Crippen LogP contribution in [0.15, 0.2) is 0 Å². The van der Waals surface area contributed by atoms with Gasteiger partial charge in [0.15, 0.2) is 0 Å². The summed E-state index contributed by atoms with van der Waals surface area (Å²) >= 11 is 0. The third-order valence-corrected chi connectivity index (χ3v) is 4.26. The minimum atomic E-state index is -3.49. The van der Waals surface area contributed by atoms with Gasteiger partial charge in [-0.15, -0.1) is 0 Å². The molecule has 0 aromatic heterocycles. The Kier molecular flexibility index (Phi) is 5.31. The normalized spacial score (nSPS) is 20.1. The Hall–Kier alpha value is -0.700. The molecule has 0 spiro atoms. The molecule has 1 aliphatic heterocycles. The molecule has 0 aromatic rings. The van der Waals surface area contributed by atoms with Crippen molar-refractivity contribution in [2.75, 3.05) is 26.3 Å². The lowest BCUT2D eigenvalue weighted by Crippen LogP contribution is -2.50. The molecule has 17 heavy (non-hydrogen) atoms. The van der Waals surface area contributed by atoms with Crippen LogP contribution in [0.3, 0.4) is 0 Å². The molecule has 1 aliphatic rings. The van der Waals surface area contributed by atoms with Gasteiger partial charge in [0, 0.05) is 25.6 Å². The van der Waals surface area contributed by atoms with E-state index >= 15 is 0 Å². The second-order valence-corrected chi connectivity index (χ2v) is 5.67. The van der Waals surface area contributed by atoms with Gasteiger partial charge >= 0.3 is 0 Å². The van der Waals surface area contributed by atoms with Gasteiger partial charge in [0.2, 0.25) is 0 Å². The molecule has 0 amide bonds. The van der Waals surface area contributed by atoms with Crippen LogP contribution >= 0.6 is 0 Å². The Morgan fingerprint density at radius 2 is 2.12 bits per heavy atom. The number of nitrogens with zero attached hydrogens (tertiary/aromatic N) is 1. The second kappa shape index (κ2) is 6.29. The number of amidine groups is 1. The summed E-state index contributed by atoms with van der Waals surface area (Å²) in [5.74, 6) is -0.0125. The summed E-state index contributed by atoms with van der Waals surface area (Å²) < 4.78 is 33.0. The fourth-order valence-electron chi connectivity index (χ4n) is 1.61. The molecule has 0 aromatic carbocycles. The molecule has 0 bridgehead atoms. The van der Waals surface area contributed by atoms with Gasteiger partial charge in [-0.2, -0.15) is 17.4 Å². The number of ether oxygens (including phenoxy) is 1. The number of morpholine rings is 1. The molecule has 4 N–H and O–H groups in total. The topological polar surface area (TPSA) is 109 Å². The Morgan fingerprint density at radius 1 is 1.53 bits per heavy atom. The zero-order chi connectivity index (χ0) is 12.9. The van der Waals surface area contributed by atoms with E-state index in [0.717, 1.165) is 0 Å². The molecule has 8 heteroatoms. The van der Waals surface area contributed by atoms with E-state index in [9.17, 15) is 8.42 Å². The maximum absolute atomic E-state index is 12.0. The van der Waals surface area contributed by atoms with Crippen molar-refractivity contribution >= 4 is 16.0 Å². The lowest BCUT2D eigenvalue weighted by atomic mass is 10.1. The standard InChI is InChI=1S/C9H20N4O3S/c1-2-8(7-9(10)11)12-17(14,15)13-3-5-16-6-4-13/h8,12H,2-7H2,1H3,(H3,10,11). The van der Waals surface area contributed by atoms with E-state index in [0.29, 0.717) is 32.7 Å². The number of nitrogens with two attached hydrogens (primary N) is 1. The monoisotopic (exact) mass is 264 g/mol. The van der Waals surface area contributed by atoms with Crippen molar-refractivity contribution < 1.29 is 13.2 Å². The zero-order valence-corrected chi connectivity index (χ0v) is 10.8. The van der Waals surface area contributed by atoms with Gasteiger partial charge in [0.05, 0.1) is 19.0 Å². The van der Waals surface area contributed by atoms with Gasteiger partial charge in [0.1, 0.15) is 0 Å². The van der Waals surface area contributed by atoms with Crippen LogP contribution in [0.1, 0.15) is 19.8 Å². The van der Waals surface area contributed by atoms with E-state index in [1.165, 1.54) is 4.31 Å². The van der Waals surface area contributed by atoms with Crippen molar-refractivity contribution in [3.05, 3.63) is 0 Å². The van der Waals surface area contributed by atoms with Gasteiger partial charge in [-0.25, -0.2) is 0 Å². The van der Waals surface area contributed by atoms with E-state index < -0.39 is 10.2 Å². The number of rotatable bonds is 6. The van der Waals surface area contributed by atoms with Crippen LogP contribution in [0.5, 0.6) is 0 Å². The van der Waals surface area contributed by atoms with E-state index in [1.54, 1.807) is 0 Å². The Morgan fingerprint density at radius 3 is 2.59 bits per heavy atom. The summed E-state index contributed by atoms with van der Waals surface area (Å²) in [6.07, 6.45) is 0.837. The molecule has 0 aliphatic carbocycles. The van der Waals surface area contributed by atoms with E-state index in [4.69, 9.17) is 15.9 Å². The molecule has 0 radical (unpaired) electrons. The van der Waals surface area contributed by atoms with Crippen LogP contribution in [0.25, 0.3) is 0 Å². The fourth-order valence-corrected chi connectivity index (χ4v) is 3.06. The zero-order valence-electron chi connectivity index (χ0n) is 9.98. The summed E-state index contributed by atoms with van der Waals surface area (Å²) in [6, 6.07) is -0.319. The minimum absolute atomic E-state index is 0.0125. The lowest BCUT2D eigenvalue weighted by Gasteiger charge is -2.28. The third kappa shape index (κ3) is 4.58. The summed E-state index contributed by atoms with van der Waals surface area (Å²) in [7, 11) is -3.49. The van der Waals surface area contributed by atoms with Crippen molar-refractivity contribution in [2.24, 2.45) is 5.73 Å². The highest BCUT2D eigenvalue weighted by Gasteiger charge is 2.26. The van der Waals surface area contributed by atoms with Gasteiger partial charge < -0.3 is 10.5 Å². The van der Waals surface area contributed by atoms with E-state index in [-0.39, 0.29) is 18.3 Å². The predicted octanol–water partition coefficient (Wildman–Crippen LogP) is -0.742. The van der Waals surface area contributed by atoms with Crippen LogP contribution in [0, 0.1) is 5.41 Å². The SMILES string of the molecule is CCC(CC(=N)N)NS(=O)(=O)N1CCOCC1. The van der Waals surface area contributed by atoms with Crippen molar-refractivity contribution in [3.63, 3.8) is 0 Å². The van der Waals surface area contributed by atoms with Crippen LogP contribution in [0.4, 0.5) is 0 Å². The molecule has 1 atom stereocenters. The Labute approximate surface area is 102 Å². The van der Waals surface area contributed by atoms with Gasteiger partial charge in [-0.3, -0.25) is 5.41 Å². The molecule has 1 saturated heterocycles. The van der Waals surface area contributed by atoms with Gasteiger partial charge in [-0.1, -0.05) is 6.92 Å². The minimum Gasteiger partial charge on any atom is -0.388 e. The average molecular weight is 264 g/mol. The van der Waals surface area contributed by atoms with Gasteiger partial charge in [0.25, 0.3) is 10.2 Å². The first-order valence-corrected chi connectivity index (χ1v) is 7.07. The summed E-state index contributed by atoms with van der Waals surface area (Å²) in [4.78, 5) is 0. The van der Waals surface area contributed by atoms with Crippen LogP contribution in [-0.4, -0.2) is 50.9 Å². The molecule has 0 saturated carbocycles. The van der Waals surface area contributed by atoms with Crippen molar-refractivity contribution in [2.45, 2.75) is 25.8 Å². The van der Waals surface area contributed by atoms with E-state index in [1.807, 2.05) is 6.92 Å². The number of hydrogen-bond acceptors (Lipinski definition) is 4. The van der Waals surface area contributed by atoms with Gasteiger partial charge in [-0.05, 0) is 6.42 Å². The molecule has 1 heterocycles. The predicted molar refractivity (Wildman–Crippen MR) is 65.1 cm³/mol. The Balaban J connectivity index is 2.59. The summed E-state index contributed by atoms with van der Waals surface area (Å²) in [5.41, 5.74) is 5.28. The Bertz CT molecular complexity index is 351. The highest BCUT2D eigenvalue weighted by Crippen LogP contribution is 2.06. The smallest absolute Gasteiger partial charge is 0.279 e. The van der Waals surface area contributed by atoms with Crippen molar-refractivity contribution in [1.29, 1.82) is 5.41 Å². The second-order valence-electron chi connectivity index (χ2n) is 3.97. The molecule has 7 nitrogen and oxygen atoms in total. The first kappa shape index (κ1) is 14.4. The van der Waals surface area contributed by atoms with Crippen molar-refractivity contribution in [3.8, 4) is 0 Å². The molecule has 100 valence electrons. The largest absolute Gasteiger partial charge is 0.388 e. The highest BCUT2D eigenvalue weighted by atomic mass is 32.2. The maximum Gasteiger partial charge on any atom is 0.279 e. The van der Waals surface area contributed by atoms with E-state index in [2.05, 4.69) is 4.72 Å². The quantitative estimate of drug-likeness (QED) is 0.433. The van der Waals surface area contributed by atoms with Crippen LogP contribution < -0.4 is 10.5 Å². The molecule has 1 rings (SSSR count). The maximum atomic E-state index is 12.0. The average Bonchev–Trinajstić information content (AvgIpc) is 2.28. The first-order valence-electron chi connectivity index (χ1n) is 5.63. The number of hydrogen-bond donors (Lipinski definition) is 3. The molecular formula is C9H20N4O3S. The molecular weight excluding hydrogens is 244 g/mol. The molecule has 1 unspecified atom stereocenters. The third-order valence-electron chi connectivity index (χ3n) is 2.58.